The Balaban J connectivity index is 1.45. The van der Waals surface area contributed by atoms with E-state index in [0.717, 1.165) is 47.2 Å². The quantitative estimate of drug-likeness (QED) is 0.333. The molecule has 1 amide bonds. The van der Waals surface area contributed by atoms with E-state index in [-0.39, 0.29) is 23.0 Å². The maximum atomic E-state index is 14.0. The van der Waals surface area contributed by atoms with Crippen LogP contribution in [0.25, 0.3) is 0 Å². The summed E-state index contributed by atoms with van der Waals surface area (Å²) in [6, 6.07) is 5.49. The topological polar surface area (TPSA) is 82.7 Å². The first-order valence-corrected chi connectivity index (χ1v) is 13.0. The molecule has 1 aliphatic heterocycles. The molecule has 0 saturated heterocycles. The Labute approximate surface area is 219 Å². The lowest BCUT2D eigenvalue weighted by Gasteiger charge is -2.33. The van der Waals surface area contributed by atoms with Crippen LogP contribution < -0.4 is 10.6 Å². The Morgan fingerprint density at radius 2 is 1.97 bits per heavy atom. The first-order chi connectivity index (χ1) is 17.2. The molecule has 0 saturated carbocycles. The number of halogens is 5. The zero-order valence-electron chi connectivity index (χ0n) is 18.8. The number of amides is 1. The van der Waals surface area contributed by atoms with Crippen molar-refractivity contribution in [3.8, 4) is 6.07 Å². The van der Waals surface area contributed by atoms with Gasteiger partial charge in [-0.15, -0.1) is 11.3 Å². The van der Waals surface area contributed by atoms with Crippen molar-refractivity contribution in [1.29, 1.82) is 5.26 Å². The number of hydrogen-bond acceptors (Lipinski definition) is 5. The van der Waals surface area contributed by atoms with E-state index in [1.807, 2.05) is 0 Å². The summed E-state index contributed by atoms with van der Waals surface area (Å²) in [7, 11) is 0. The van der Waals surface area contributed by atoms with Gasteiger partial charge < -0.3 is 10.6 Å². The number of aromatic nitrogens is 2. The fourth-order valence-electron chi connectivity index (χ4n) is 4.75. The van der Waals surface area contributed by atoms with Gasteiger partial charge in [-0.3, -0.25) is 4.79 Å². The molecule has 0 unspecified atom stereocenters. The van der Waals surface area contributed by atoms with E-state index in [1.165, 1.54) is 29.5 Å². The number of thiophene rings is 1. The van der Waals surface area contributed by atoms with Crippen molar-refractivity contribution in [2.75, 3.05) is 10.6 Å². The van der Waals surface area contributed by atoms with E-state index in [2.05, 4.69) is 21.8 Å². The molecule has 1 aliphatic carbocycles. The van der Waals surface area contributed by atoms with Gasteiger partial charge in [0.05, 0.1) is 21.7 Å². The summed E-state index contributed by atoms with van der Waals surface area (Å²) in [6.45, 7) is 0. The Bertz CT molecular complexity index is 1380. The van der Waals surface area contributed by atoms with Gasteiger partial charge in [0.1, 0.15) is 16.9 Å². The number of hydrogen-bond donors (Lipinski definition) is 2. The summed E-state index contributed by atoms with van der Waals surface area (Å²) >= 11 is 13.4. The molecule has 0 spiro atoms. The third kappa shape index (κ3) is 4.67. The number of benzene rings is 1. The van der Waals surface area contributed by atoms with Crippen LogP contribution in [-0.2, 0) is 12.8 Å². The summed E-state index contributed by atoms with van der Waals surface area (Å²) in [5.41, 5.74) is 1.76. The third-order valence-corrected chi connectivity index (χ3v) is 8.47. The first-order valence-electron chi connectivity index (χ1n) is 11.4. The van der Waals surface area contributed by atoms with Crippen molar-refractivity contribution in [2.24, 2.45) is 0 Å². The van der Waals surface area contributed by atoms with E-state index in [9.17, 15) is 23.2 Å². The number of aryl methyl sites for hydroxylation is 1. The summed E-state index contributed by atoms with van der Waals surface area (Å²) in [5.74, 6) is -0.606. The van der Waals surface area contributed by atoms with Crippen LogP contribution in [0.5, 0.6) is 0 Å². The van der Waals surface area contributed by atoms with E-state index in [4.69, 9.17) is 23.2 Å². The van der Waals surface area contributed by atoms with Crippen LogP contribution in [0.1, 0.15) is 69.8 Å². The first kappa shape index (κ1) is 24.9. The van der Waals surface area contributed by atoms with Gasteiger partial charge in [-0.05, 0) is 48.9 Å². The average Bonchev–Trinajstić information content (AvgIpc) is 3.32. The van der Waals surface area contributed by atoms with Crippen LogP contribution >= 0.6 is 34.5 Å². The lowest BCUT2D eigenvalue weighted by atomic mass is 9.97. The number of nitriles is 1. The predicted octanol–water partition coefficient (Wildman–Crippen LogP) is 7.30. The Hall–Kier alpha value is -2.74. The standard InChI is InChI=1S/C24H20Cl2F3N5OS/c25-15-7-6-12(8-16(15)26)17-9-20(24(27,28)29)34-21(31-17)10-18(33-34)22(35)32-23-14(11-30)13-4-2-1-3-5-19(13)36-23/h6-8,10,17,20,31H,1-5,9H2,(H,32,35)/t17-,20+/m1/s1. The summed E-state index contributed by atoms with van der Waals surface area (Å²) in [5, 5.41) is 20.4. The predicted molar refractivity (Wildman–Crippen MR) is 133 cm³/mol. The van der Waals surface area contributed by atoms with Crippen molar-refractivity contribution in [2.45, 2.75) is 56.8 Å². The molecular weight excluding hydrogens is 534 g/mol. The monoisotopic (exact) mass is 553 g/mol. The van der Waals surface area contributed by atoms with E-state index >= 15 is 0 Å². The van der Waals surface area contributed by atoms with Crippen molar-refractivity contribution in [3.63, 3.8) is 0 Å². The molecule has 36 heavy (non-hydrogen) atoms. The molecule has 6 nitrogen and oxygen atoms in total. The number of anilines is 2. The average molecular weight is 554 g/mol. The molecular formula is C24H20Cl2F3N5OS. The zero-order chi connectivity index (χ0) is 25.6. The van der Waals surface area contributed by atoms with E-state index in [1.54, 1.807) is 6.07 Å². The molecule has 188 valence electrons. The molecule has 2 atom stereocenters. The number of nitrogens with one attached hydrogen (secondary N) is 2. The molecule has 2 aliphatic rings. The zero-order valence-corrected chi connectivity index (χ0v) is 21.1. The van der Waals surface area contributed by atoms with Crippen molar-refractivity contribution < 1.29 is 18.0 Å². The number of carbonyl (C=O) groups is 1. The van der Waals surface area contributed by atoms with Crippen molar-refractivity contribution >= 4 is 51.3 Å². The van der Waals surface area contributed by atoms with Gasteiger partial charge in [0, 0.05) is 17.4 Å². The fourth-order valence-corrected chi connectivity index (χ4v) is 6.29. The van der Waals surface area contributed by atoms with E-state index in [0.29, 0.717) is 21.2 Å². The lowest BCUT2D eigenvalue weighted by molar-refractivity contribution is -0.173. The summed E-state index contributed by atoms with van der Waals surface area (Å²) in [4.78, 5) is 14.1. The smallest absolute Gasteiger partial charge is 0.363 e. The van der Waals surface area contributed by atoms with Gasteiger partial charge in [-0.1, -0.05) is 35.7 Å². The fraction of sp³-hybridized carbons (Fsp3) is 0.375. The summed E-state index contributed by atoms with van der Waals surface area (Å²) in [6.07, 6.45) is -0.232. The minimum atomic E-state index is -4.59. The highest BCUT2D eigenvalue weighted by Crippen LogP contribution is 2.44. The molecule has 0 bridgehead atoms. The lowest BCUT2D eigenvalue weighted by Crippen LogP contribution is -2.35. The van der Waals surface area contributed by atoms with Gasteiger partial charge in [-0.25, -0.2) is 4.68 Å². The molecule has 2 N–H and O–H groups in total. The molecule has 5 rings (SSSR count). The van der Waals surface area contributed by atoms with Gasteiger partial charge in [-0.2, -0.15) is 23.5 Å². The van der Waals surface area contributed by atoms with Crippen LogP contribution in [0.15, 0.2) is 24.3 Å². The SMILES string of the molecule is N#Cc1c(NC(=O)c2cc3n(n2)[C@H](C(F)(F)F)C[C@H](c2ccc(Cl)c(Cl)c2)N3)sc2c1CCCCC2. The highest BCUT2D eigenvalue weighted by molar-refractivity contribution is 7.16. The largest absolute Gasteiger partial charge is 0.410 e. The molecule has 0 fully saturated rings. The van der Waals surface area contributed by atoms with Crippen molar-refractivity contribution in [1.82, 2.24) is 9.78 Å². The minimum absolute atomic E-state index is 0.0623. The number of rotatable bonds is 3. The van der Waals surface area contributed by atoms with Gasteiger partial charge in [0.25, 0.3) is 5.91 Å². The highest BCUT2D eigenvalue weighted by Gasteiger charge is 2.47. The normalized spacial score (nSPS) is 19.4. The molecule has 1 aromatic carbocycles. The number of carbonyl (C=O) groups excluding carboxylic acids is 1. The highest BCUT2D eigenvalue weighted by atomic mass is 35.5. The Morgan fingerprint density at radius 3 is 2.69 bits per heavy atom. The van der Waals surface area contributed by atoms with Gasteiger partial charge >= 0.3 is 6.18 Å². The van der Waals surface area contributed by atoms with Gasteiger partial charge in [0.15, 0.2) is 11.7 Å². The second-order valence-corrected chi connectivity index (χ2v) is 10.8. The minimum Gasteiger partial charge on any atom is -0.363 e. The number of alkyl halides is 3. The molecule has 12 heteroatoms. The molecule has 3 aromatic rings. The maximum Gasteiger partial charge on any atom is 0.410 e. The second-order valence-electron chi connectivity index (χ2n) is 8.86. The van der Waals surface area contributed by atoms with Crippen LogP contribution in [0.4, 0.5) is 24.0 Å². The van der Waals surface area contributed by atoms with E-state index < -0.39 is 24.2 Å². The molecule has 0 radical (unpaired) electrons. The van der Waals surface area contributed by atoms with Crippen LogP contribution in [0, 0.1) is 11.3 Å². The van der Waals surface area contributed by atoms with Crippen LogP contribution in [0.2, 0.25) is 10.0 Å². The number of fused-ring (bicyclic) bond motifs is 2. The van der Waals surface area contributed by atoms with Crippen molar-refractivity contribution in [3.05, 3.63) is 61.6 Å². The van der Waals surface area contributed by atoms with Crippen LogP contribution in [-0.4, -0.2) is 21.9 Å². The Kier molecular flexibility index (Phi) is 6.66. The second kappa shape index (κ2) is 9.61. The van der Waals surface area contributed by atoms with Crippen LogP contribution in [0.3, 0.4) is 0 Å². The Morgan fingerprint density at radius 1 is 1.19 bits per heavy atom. The number of nitrogens with zero attached hydrogens (tertiary/aromatic N) is 3. The maximum absolute atomic E-state index is 14.0. The third-order valence-electron chi connectivity index (χ3n) is 6.53. The summed E-state index contributed by atoms with van der Waals surface area (Å²) < 4.78 is 42.8. The molecule has 3 heterocycles. The van der Waals surface area contributed by atoms with Gasteiger partial charge in [0.2, 0.25) is 0 Å². The molecule has 2 aromatic heterocycles.